The second kappa shape index (κ2) is 8.27. The van der Waals surface area contributed by atoms with Crippen molar-refractivity contribution in [3.8, 4) is 0 Å². The molecule has 1 aliphatic heterocycles. The molecule has 2 aromatic carbocycles. The smallest absolute Gasteiger partial charge is 0.279 e. The van der Waals surface area contributed by atoms with E-state index in [1.807, 2.05) is 17.5 Å². The van der Waals surface area contributed by atoms with Crippen molar-refractivity contribution in [2.24, 2.45) is 5.10 Å². The zero-order valence-corrected chi connectivity index (χ0v) is 19.5. The quantitative estimate of drug-likeness (QED) is 0.551. The molecule has 3 aromatic rings. The summed E-state index contributed by atoms with van der Waals surface area (Å²) >= 11 is 7.48. The molecule has 0 spiro atoms. The summed E-state index contributed by atoms with van der Waals surface area (Å²) in [5.41, 5.74) is 1.72. The molecule has 1 aromatic heterocycles. The van der Waals surface area contributed by atoms with Gasteiger partial charge in [0, 0.05) is 22.0 Å². The molecule has 0 fully saturated rings. The van der Waals surface area contributed by atoms with Crippen LogP contribution in [0.5, 0.6) is 0 Å². The third kappa shape index (κ3) is 4.77. The topological polar surface area (TPSA) is 95.9 Å². The summed E-state index contributed by atoms with van der Waals surface area (Å²) < 4.78 is 53.1. The highest BCUT2D eigenvalue weighted by Crippen LogP contribution is 2.39. The van der Waals surface area contributed by atoms with Gasteiger partial charge in [-0.2, -0.15) is 17.9 Å². The van der Waals surface area contributed by atoms with Gasteiger partial charge in [-0.15, -0.1) is 11.3 Å². The van der Waals surface area contributed by atoms with Crippen molar-refractivity contribution in [3.63, 3.8) is 0 Å². The number of rotatable bonds is 6. The first-order chi connectivity index (χ1) is 14.6. The zero-order valence-electron chi connectivity index (χ0n) is 16.3. The van der Waals surface area contributed by atoms with E-state index in [1.54, 1.807) is 36.4 Å². The van der Waals surface area contributed by atoms with Gasteiger partial charge in [0.1, 0.15) is 6.04 Å². The minimum Gasteiger partial charge on any atom is -0.284 e. The highest BCUT2D eigenvalue weighted by atomic mass is 35.5. The van der Waals surface area contributed by atoms with Crippen molar-refractivity contribution in [3.05, 3.63) is 81.5 Å². The van der Waals surface area contributed by atoms with Crippen LogP contribution in [0.3, 0.4) is 0 Å². The van der Waals surface area contributed by atoms with Crippen LogP contribution in [0.25, 0.3) is 0 Å². The summed E-state index contributed by atoms with van der Waals surface area (Å²) in [4.78, 5) is 0.943. The highest BCUT2D eigenvalue weighted by Gasteiger charge is 2.38. The third-order valence-electron chi connectivity index (χ3n) is 4.61. The second-order valence-corrected chi connectivity index (χ2v) is 11.9. The normalized spacial score (nSPS) is 16.9. The molecule has 0 amide bonds. The van der Waals surface area contributed by atoms with Gasteiger partial charge >= 0.3 is 0 Å². The van der Waals surface area contributed by atoms with E-state index in [-0.39, 0.29) is 4.90 Å². The largest absolute Gasteiger partial charge is 0.284 e. The van der Waals surface area contributed by atoms with Crippen LogP contribution in [-0.4, -0.2) is 33.2 Å². The average Bonchev–Trinajstić information content (AvgIpc) is 3.37. The van der Waals surface area contributed by atoms with Crippen molar-refractivity contribution in [1.29, 1.82) is 0 Å². The van der Waals surface area contributed by atoms with Gasteiger partial charge in [0.15, 0.2) is 0 Å². The minimum absolute atomic E-state index is 0.0688. The summed E-state index contributed by atoms with van der Waals surface area (Å²) in [7, 11) is -7.32. The lowest BCUT2D eigenvalue weighted by atomic mass is 10.0. The molecular formula is C20H18ClN3O4S3. The molecule has 7 nitrogen and oxygen atoms in total. The molecular weight excluding hydrogens is 478 g/mol. The van der Waals surface area contributed by atoms with Crippen LogP contribution >= 0.6 is 22.9 Å². The zero-order chi connectivity index (χ0) is 22.2. The van der Waals surface area contributed by atoms with Gasteiger partial charge in [0.25, 0.3) is 10.0 Å². The summed E-state index contributed by atoms with van der Waals surface area (Å²) in [5, 5.41) is 6.68. The first-order valence-electron chi connectivity index (χ1n) is 9.12. The number of hydrogen-bond donors (Lipinski definition) is 1. The number of halogens is 1. The molecule has 2 heterocycles. The van der Waals surface area contributed by atoms with E-state index in [2.05, 4.69) is 9.82 Å². The number of nitrogens with zero attached hydrogens (tertiary/aromatic N) is 2. The van der Waals surface area contributed by atoms with Crippen LogP contribution in [-0.2, 0) is 20.0 Å². The van der Waals surface area contributed by atoms with Crippen LogP contribution in [0.2, 0.25) is 5.02 Å². The molecule has 0 radical (unpaired) electrons. The van der Waals surface area contributed by atoms with E-state index in [1.165, 1.54) is 23.5 Å². The SMILES string of the molecule is CS(=O)(=O)Nc1ccc(C2=NN(S(=O)(=O)c3cccc(Cl)c3)[C@@H](c3cccs3)C2)cc1. The Morgan fingerprint density at radius 3 is 2.42 bits per heavy atom. The van der Waals surface area contributed by atoms with Crippen molar-refractivity contribution in [1.82, 2.24) is 4.41 Å². The van der Waals surface area contributed by atoms with Crippen molar-refractivity contribution in [2.75, 3.05) is 11.0 Å². The number of benzene rings is 2. The van der Waals surface area contributed by atoms with Crippen LogP contribution in [0.1, 0.15) is 22.9 Å². The van der Waals surface area contributed by atoms with Gasteiger partial charge in [-0.3, -0.25) is 4.72 Å². The Morgan fingerprint density at radius 1 is 1.06 bits per heavy atom. The van der Waals surface area contributed by atoms with E-state index in [9.17, 15) is 16.8 Å². The van der Waals surface area contributed by atoms with E-state index in [0.717, 1.165) is 15.5 Å². The highest BCUT2D eigenvalue weighted by molar-refractivity contribution is 7.92. The number of hydrogen-bond acceptors (Lipinski definition) is 6. The predicted molar refractivity (Wildman–Crippen MR) is 124 cm³/mol. The van der Waals surface area contributed by atoms with E-state index >= 15 is 0 Å². The van der Waals surface area contributed by atoms with Crippen LogP contribution in [0.15, 0.2) is 76.0 Å². The molecule has 0 aliphatic carbocycles. The fraction of sp³-hybridized carbons (Fsp3) is 0.150. The fourth-order valence-corrected chi connectivity index (χ4v) is 6.43. The lowest BCUT2D eigenvalue weighted by Gasteiger charge is -2.22. The molecule has 31 heavy (non-hydrogen) atoms. The van der Waals surface area contributed by atoms with Gasteiger partial charge in [-0.1, -0.05) is 35.9 Å². The number of thiophene rings is 1. The number of anilines is 1. The Kier molecular flexibility index (Phi) is 5.82. The lowest BCUT2D eigenvalue weighted by molar-refractivity contribution is 0.375. The van der Waals surface area contributed by atoms with Crippen molar-refractivity contribution in [2.45, 2.75) is 17.4 Å². The van der Waals surface area contributed by atoms with E-state index < -0.39 is 26.1 Å². The van der Waals surface area contributed by atoms with Crippen LogP contribution < -0.4 is 4.72 Å². The Bertz CT molecular complexity index is 1340. The molecule has 1 atom stereocenters. The monoisotopic (exact) mass is 495 g/mol. The Balaban J connectivity index is 1.72. The Hall–Kier alpha value is -2.40. The van der Waals surface area contributed by atoms with Gasteiger partial charge in [0.2, 0.25) is 10.0 Å². The number of sulfonamides is 2. The molecule has 4 rings (SSSR count). The minimum atomic E-state index is -3.93. The Labute approximate surface area is 190 Å². The maximum Gasteiger partial charge on any atom is 0.279 e. The molecule has 0 unspecified atom stereocenters. The van der Waals surface area contributed by atoms with E-state index in [0.29, 0.717) is 28.4 Å². The molecule has 0 bridgehead atoms. The second-order valence-electron chi connectivity index (χ2n) is 6.97. The third-order valence-corrected chi connectivity index (χ3v) is 8.10. The molecule has 0 saturated heterocycles. The molecule has 1 N–H and O–H groups in total. The van der Waals surface area contributed by atoms with Crippen molar-refractivity contribution >= 4 is 54.4 Å². The predicted octanol–water partition coefficient (Wildman–Crippen LogP) is 4.31. The molecule has 162 valence electrons. The number of nitrogens with one attached hydrogen (secondary N) is 1. The standard InChI is InChI=1S/C20H18ClN3O4S3/c1-30(25,26)23-16-9-7-14(8-10-16)18-13-19(20-6-3-11-29-20)24(22-18)31(27,28)17-5-2-4-15(21)12-17/h2-12,19,23H,13H2,1H3/t19-/m1/s1. The van der Waals surface area contributed by atoms with Crippen LogP contribution in [0, 0.1) is 0 Å². The van der Waals surface area contributed by atoms with Crippen molar-refractivity contribution < 1.29 is 16.8 Å². The summed E-state index contributed by atoms with van der Waals surface area (Å²) in [6.45, 7) is 0. The fourth-order valence-electron chi connectivity index (χ4n) is 3.26. The van der Waals surface area contributed by atoms with Gasteiger partial charge in [-0.05, 0) is 47.3 Å². The van der Waals surface area contributed by atoms with Gasteiger partial charge in [-0.25, -0.2) is 8.42 Å². The first kappa shape index (κ1) is 21.8. The summed E-state index contributed by atoms with van der Waals surface area (Å²) in [6.07, 6.45) is 1.46. The molecule has 0 saturated carbocycles. The van der Waals surface area contributed by atoms with Gasteiger partial charge < -0.3 is 0 Å². The van der Waals surface area contributed by atoms with Gasteiger partial charge in [0.05, 0.1) is 16.9 Å². The maximum atomic E-state index is 13.4. The average molecular weight is 496 g/mol. The first-order valence-corrected chi connectivity index (χ1v) is 13.7. The van der Waals surface area contributed by atoms with E-state index in [4.69, 9.17) is 11.6 Å². The molecule has 1 aliphatic rings. The number of hydrazone groups is 1. The molecule has 11 heteroatoms. The maximum absolute atomic E-state index is 13.4. The summed E-state index contributed by atoms with van der Waals surface area (Å²) in [5.74, 6) is 0. The van der Waals surface area contributed by atoms with Crippen LogP contribution in [0.4, 0.5) is 5.69 Å². The Morgan fingerprint density at radius 2 is 1.81 bits per heavy atom. The lowest BCUT2D eigenvalue weighted by Crippen LogP contribution is -2.26. The summed E-state index contributed by atoms with van der Waals surface area (Å²) in [6, 6.07) is 16.0.